The minimum absolute atomic E-state index is 0.0296. The third-order valence-electron chi connectivity index (χ3n) is 2.90. The van der Waals surface area contributed by atoms with Gasteiger partial charge in [0.25, 0.3) is 0 Å². The lowest BCUT2D eigenvalue weighted by molar-refractivity contribution is -0.132. The summed E-state index contributed by atoms with van der Waals surface area (Å²) in [7, 11) is 0. The van der Waals surface area contributed by atoms with Crippen LogP contribution in [0.25, 0.3) is 0 Å². The Balaban J connectivity index is 2.49. The Morgan fingerprint density at radius 1 is 1.35 bits per heavy atom. The van der Waals surface area contributed by atoms with E-state index in [0.717, 1.165) is 0 Å². The molecular formula is C13H13NO3. The molecule has 88 valence electrons. The summed E-state index contributed by atoms with van der Waals surface area (Å²) < 4.78 is -0.765. The van der Waals surface area contributed by atoms with Gasteiger partial charge in [0.05, 0.1) is 0 Å². The Hall–Kier alpha value is -1.91. The smallest absolute Gasteiger partial charge is 0.341 e. The molecule has 1 aromatic carbocycles. The number of quaternary nitrogens is 1. The highest BCUT2D eigenvalue weighted by Gasteiger charge is 2.29. The molecule has 17 heavy (non-hydrogen) atoms. The van der Waals surface area contributed by atoms with E-state index >= 15 is 0 Å². The van der Waals surface area contributed by atoms with Gasteiger partial charge in [0, 0.05) is 0 Å². The first-order valence-electron chi connectivity index (χ1n) is 5.33. The van der Waals surface area contributed by atoms with Gasteiger partial charge in [-0.2, -0.15) is 0 Å². The fourth-order valence-electron chi connectivity index (χ4n) is 1.84. The van der Waals surface area contributed by atoms with Gasteiger partial charge in [-0.25, -0.2) is 4.79 Å². The van der Waals surface area contributed by atoms with Crippen LogP contribution in [0.3, 0.4) is 0 Å². The number of hydrogen-bond donors (Lipinski definition) is 1. The Labute approximate surface area is 99.3 Å². The van der Waals surface area contributed by atoms with Crippen LogP contribution in [0.5, 0.6) is 0 Å². The van der Waals surface area contributed by atoms with Gasteiger partial charge < -0.3 is 10.3 Å². The van der Waals surface area contributed by atoms with Crippen LogP contribution in [-0.2, 0) is 4.79 Å². The predicted octanol–water partition coefficient (Wildman–Crippen LogP) is 2.42. The number of benzene rings is 1. The van der Waals surface area contributed by atoms with Crippen molar-refractivity contribution < 1.29 is 9.90 Å². The number of hydroxylamine groups is 2. The largest absolute Gasteiger partial charge is 0.622 e. The molecule has 2 atom stereocenters. The van der Waals surface area contributed by atoms with E-state index in [1.54, 1.807) is 37.3 Å². The third-order valence-corrected chi connectivity index (χ3v) is 2.90. The highest BCUT2D eigenvalue weighted by Crippen LogP contribution is 2.30. The lowest BCUT2D eigenvalue weighted by Gasteiger charge is -2.44. The molecule has 1 aromatic rings. The Bertz CT molecular complexity index is 493. The van der Waals surface area contributed by atoms with Gasteiger partial charge in [-0.1, -0.05) is 18.2 Å². The van der Waals surface area contributed by atoms with Crippen molar-refractivity contribution >= 4 is 11.7 Å². The zero-order chi connectivity index (χ0) is 12.5. The monoisotopic (exact) mass is 231 g/mol. The number of carboxylic acid groups (broad SMARTS) is 1. The molecule has 0 spiro atoms. The highest BCUT2D eigenvalue weighted by molar-refractivity contribution is 5.90. The molecule has 1 aliphatic rings. The summed E-state index contributed by atoms with van der Waals surface area (Å²) in [6.45, 7) is 1.77. The van der Waals surface area contributed by atoms with E-state index in [0.29, 0.717) is 5.69 Å². The van der Waals surface area contributed by atoms with Crippen molar-refractivity contribution in [3.05, 3.63) is 59.5 Å². The van der Waals surface area contributed by atoms with Gasteiger partial charge in [-0.3, -0.25) is 4.65 Å². The third kappa shape index (κ3) is 2.00. The second kappa shape index (κ2) is 4.16. The number of aliphatic carboxylic acids is 1. The fourth-order valence-corrected chi connectivity index (χ4v) is 1.84. The highest BCUT2D eigenvalue weighted by atomic mass is 16.5. The van der Waals surface area contributed by atoms with Crippen LogP contribution < -0.4 is 4.65 Å². The van der Waals surface area contributed by atoms with E-state index in [9.17, 15) is 10.0 Å². The molecule has 0 unspecified atom stereocenters. The van der Waals surface area contributed by atoms with E-state index in [1.807, 2.05) is 6.07 Å². The van der Waals surface area contributed by atoms with Crippen LogP contribution in [0.4, 0.5) is 5.69 Å². The average Bonchev–Trinajstić information content (AvgIpc) is 2.33. The maximum absolute atomic E-state index is 12.7. The fraction of sp³-hybridized carbons (Fsp3) is 0.154. The van der Waals surface area contributed by atoms with Crippen LogP contribution in [0.15, 0.2) is 54.3 Å². The molecule has 0 amide bonds. The number of hydrogen-bond acceptors (Lipinski definition) is 2. The van der Waals surface area contributed by atoms with Crippen molar-refractivity contribution in [3.8, 4) is 0 Å². The molecule has 0 bridgehead atoms. The summed E-state index contributed by atoms with van der Waals surface area (Å²) >= 11 is 0. The van der Waals surface area contributed by atoms with Gasteiger partial charge in [0.15, 0.2) is 0 Å². The number of para-hydroxylation sites is 1. The molecule has 4 heteroatoms. The first-order valence-corrected chi connectivity index (χ1v) is 5.33. The molecule has 0 fully saturated rings. The van der Waals surface area contributed by atoms with E-state index in [4.69, 9.17) is 5.11 Å². The second-order valence-corrected chi connectivity index (χ2v) is 4.03. The Morgan fingerprint density at radius 2 is 2.00 bits per heavy atom. The average molecular weight is 231 g/mol. The molecular weight excluding hydrogens is 218 g/mol. The minimum Gasteiger partial charge on any atom is -0.622 e. The lowest BCUT2D eigenvalue weighted by Crippen LogP contribution is -2.46. The number of carboxylic acids is 1. The summed E-state index contributed by atoms with van der Waals surface area (Å²) in [5.41, 5.74) is 0.560. The van der Waals surface area contributed by atoms with E-state index in [1.165, 1.54) is 12.3 Å². The molecule has 0 aromatic heterocycles. The van der Waals surface area contributed by atoms with Crippen LogP contribution in [0.2, 0.25) is 0 Å². The SMILES string of the molecule is C[C@@H]1C=CC(C(=O)O)=C[N@@+]1([O-])c1ccccc1. The summed E-state index contributed by atoms with van der Waals surface area (Å²) in [6.07, 6.45) is 4.34. The summed E-state index contributed by atoms with van der Waals surface area (Å²) in [5.74, 6) is -1.08. The second-order valence-electron chi connectivity index (χ2n) is 4.03. The summed E-state index contributed by atoms with van der Waals surface area (Å²) in [6, 6.07) is 8.44. The quantitative estimate of drug-likeness (QED) is 0.628. The van der Waals surface area contributed by atoms with Crippen molar-refractivity contribution in [2.45, 2.75) is 13.0 Å². The molecule has 0 radical (unpaired) electrons. The zero-order valence-electron chi connectivity index (χ0n) is 9.41. The normalized spacial score (nSPS) is 27.6. The first kappa shape index (κ1) is 11.6. The van der Waals surface area contributed by atoms with Gasteiger partial charge >= 0.3 is 5.97 Å². The lowest BCUT2D eigenvalue weighted by atomic mass is 10.1. The summed E-state index contributed by atoms with van der Waals surface area (Å²) in [4.78, 5) is 10.9. The maximum atomic E-state index is 12.7. The molecule has 1 heterocycles. The van der Waals surface area contributed by atoms with Crippen molar-refractivity contribution in [3.63, 3.8) is 0 Å². The standard InChI is InChI=1S/C13H13NO3/c1-10-7-8-11(13(15)16)9-14(10,17)12-5-3-2-4-6-12/h2-10H,1H3,(H,15,16)/t10-,14+/m1/s1. The van der Waals surface area contributed by atoms with Crippen molar-refractivity contribution in [2.75, 3.05) is 0 Å². The molecule has 1 aliphatic heterocycles. The van der Waals surface area contributed by atoms with Crippen LogP contribution >= 0.6 is 0 Å². The van der Waals surface area contributed by atoms with Gasteiger partial charge in [0.2, 0.25) is 0 Å². The van der Waals surface area contributed by atoms with Crippen molar-refractivity contribution in [2.24, 2.45) is 0 Å². The number of nitrogens with zero attached hydrogens (tertiary/aromatic N) is 1. The van der Waals surface area contributed by atoms with Gasteiger partial charge in [-0.15, -0.1) is 0 Å². The van der Waals surface area contributed by atoms with Gasteiger partial charge in [0.1, 0.15) is 23.5 Å². The molecule has 2 rings (SSSR count). The minimum atomic E-state index is -1.08. The zero-order valence-corrected chi connectivity index (χ0v) is 9.41. The first-order chi connectivity index (χ1) is 8.04. The van der Waals surface area contributed by atoms with E-state index in [-0.39, 0.29) is 11.6 Å². The van der Waals surface area contributed by atoms with E-state index < -0.39 is 10.6 Å². The van der Waals surface area contributed by atoms with Gasteiger partial charge in [-0.05, 0) is 31.2 Å². The molecule has 0 saturated carbocycles. The van der Waals surface area contributed by atoms with E-state index in [2.05, 4.69) is 0 Å². The number of rotatable bonds is 2. The van der Waals surface area contributed by atoms with Crippen molar-refractivity contribution in [1.29, 1.82) is 0 Å². The maximum Gasteiger partial charge on any atom is 0.341 e. The molecule has 1 N–H and O–H groups in total. The van der Waals surface area contributed by atoms with Crippen LogP contribution in [0, 0.1) is 5.21 Å². The van der Waals surface area contributed by atoms with Crippen molar-refractivity contribution in [1.82, 2.24) is 4.65 Å². The topological polar surface area (TPSA) is 60.4 Å². The Morgan fingerprint density at radius 3 is 2.59 bits per heavy atom. The number of carbonyl (C=O) groups is 1. The van der Waals surface area contributed by atoms with Crippen LogP contribution in [0.1, 0.15) is 6.92 Å². The Kier molecular flexibility index (Phi) is 2.83. The molecule has 0 saturated heterocycles. The molecule has 4 nitrogen and oxygen atoms in total. The summed E-state index contributed by atoms with van der Waals surface area (Å²) in [5, 5.41) is 21.7. The van der Waals surface area contributed by atoms with Crippen LogP contribution in [-0.4, -0.2) is 17.1 Å². The molecule has 0 aliphatic carbocycles. The predicted molar refractivity (Wildman–Crippen MR) is 65.9 cm³/mol.